The van der Waals surface area contributed by atoms with Crippen LogP contribution in [0, 0.1) is 11.6 Å². The van der Waals surface area contributed by atoms with Crippen molar-refractivity contribution in [3.63, 3.8) is 0 Å². The Morgan fingerprint density at radius 3 is 2.04 bits per heavy atom. The maximum absolute atomic E-state index is 13.4. The highest BCUT2D eigenvalue weighted by Crippen LogP contribution is 2.35. The van der Waals surface area contributed by atoms with Gasteiger partial charge in [0.05, 0.1) is 6.33 Å². The van der Waals surface area contributed by atoms with Crippen molar-refractivity contribution in [3.8, 4) is 22.3 Å². The first-order valence-electron chi connectivity index (χ1n) is 8.30. The molecule has 0 aliphatic rings. The summed E-state index contributed by atoms with van der Waals surface area (Å²) in [7, 11) is 0. The van der Waals surface area contributed by atoms with Gasteiger partial charge in [-0.1, -0.05) is 42.5 Å². The van der Waals surface area contributed by atoms with Crippen molar-refractivity contribution >= 4 is 0 Å². The number of rotatable bonds is 4. The van der Waals surface area contributed by atoms with Crippen LogP contribution in [0.5, 0.6) is 0 Å². The van der Waals surface area contributed by atoms with Gasteiger partial charge in [0.1, 0.15) is 11.6 Å². The minimum atomic E-state index is -0.274. The highest BCUT2D eigenvalue weighted by atomic mass is 19.1. The second kappa shape index (κ2) is 6.92. The Hall–Kier alpha value is -3.27. The summed E-state index contributed by atoms with van der Waals surface area (Å²) in [6.07, 6.45) is 5.40. The predicted molar refractivity (Wildman–Crippen MR) is 98.6 cm³/mol. The van der Waals surface area contributed by atoms with E-state index in [1.807, 2.05) is 29.0 Å². The van der Waals surface area contributed by atoms with Crippen LogP contribution in [0.15, 0.2) is 85.5 Å². The fourth-order valence-electron chi connectivity index (χ4n) is 3.14. The van der Waals surface area contributed by atoms with Crippen LogP contribution < -0.4 is 0 Å². The molecule has 0 aliphatic heterocycles. The summed E-state index contributed by atoms with van der Waals surface area (Å²) < 4.78 is 28.8. The topological polar surface area (TPSA) is 17.8 Å². The quantitative estimate of drug-likeness (QED) is 0.474. The van der Waals surface area contributed by atoms with Crippen molar-refractivity contribution in [3.05, 3.63) is 103 Å². The molecule has 0 unspecified atom stereocenters. The molecule has 4 rings (SSSR count). The molecule has 0 fully saturated rings. The highest BCUT2D eigenvalue weighted by Gasteiger charge is 2.13. The number of hydrogen-bond acceptors (Lipinski definition) is 1. The first-order chi connectivity index (χ1) is 12.7. The molecule has 128 valence electrons. The third kappa shape index (κ3) is 3.26. The zero-order chi connectivity index (χ0) is 17.9. The van der Waals surface area contributed by atoms with Gasteiger partial charge in [-0.3, -0.25) is 0 Å². The summed E-state index contributed by atoms with van der Waals surface area (Å²) in [6.45, 7) is 0.641. The van der Waals surface area contributed by atoms with Crippen LogP contribution in [0.2, 0.25) is 0 Å². The maximum Gasteiger partial charge on any atom is 0.123 e. The molecule has 26 heavy (non-hydrogen) atoms. The number of hydrogen-bond donors (Lipinski definition) is 0. The SMILES string of the molecule is Fc1ccc(-c2cccc(Cn3ccnc3)c2-c2ccc(F)cc2)cc1. The molecule has 1 aromatic heterocycles. The van der Waals surface area contributed by atoms with Gasteiger partial charge in [-0.25, -0.2) is 13.8 Å². The van der Waals surface area contributed by atoms with Crippen molar-refractivity contribution in [2.75, 3.05) is 0 Å². The van der Waals surface area contributed by atoms with Crippen molar-refractivity contribution in [2.45, 2.75) is 6.54 Å². The molecule has 3 aromatic carbocycles. The number of nitrogens with zero attached hydrogens (tertiary/aromatic N) is 2. The van der Waals surface area contributed by atoms with E-state index in [9.17, 15) is 8.78 Å². The standard InChI is InChI=1S/C22H16F2N2/c23-19-8-4-16(5-9-19)21-3-1-2-18(14-26-13-12-25-15-26)22(21)17-6-10-20(24)11-7-17/h1-13,15H,14H2. The minimum absolute atomic E-state index is 0.272. The second-order valence-corrected chi connectivity index (χ2v) is 6.09. The van der Waals surface area contributed by atoms with E-state index >= 15 is 0 Å². The Morgan fingerprint density at radius 1 is 0.769 bits per heavy atom. The lowest BCUT2D eigenvalue weighted by molar-refractivity contribution is 0.627. The third-order valence-corrected chi connectivity index (χ3v) is 4.35. The highest BCUT2D eigenvalue weighted by molar-refractivity contribution is 5.85. The molecule has 2 nitrogen and oxygen atoms in total. The fourth-order valence-corrected chi connectivity index (χ4v) is 3.14. The van der Waals surface area contributed by atoms with Gasteiger partial charge in [0, 0.05) is 18.9 Å². The van der Waals surface area contributed by atoms with Gasteiger partial charge < -0.3 is 4.57 Å². The van der Waals surface area contributed by atoms with E-state index in [1.54, 1.807) is 36.8 Å². The normalized spacial score (nSPS) is 10.8. The van der Waals surface area contributed by atoms with Gasteiger partial charge in [0.2, 0.25) is 0 Å². The van der Waals surface area contributed by atoms with E-state index < -0.39 is 0 Å². The summed E-state index contributed by atoms with van der Waals surface area (Å²) in [5.41, 5.74) is 4.90. The lowest BCUT2D eigenvalue weighted by atomic mass is 9.90. The molecule has 1 heterocycles. The maximum atomic E-state index is 13.4. The number of benzene rings is 3. The smallest absolute Gasteiger partial charge is 0.123 e. The monoisotopic (exact) mass is 346 g/mol. The van der Waals surface area contributed by atoms with Gasteiger partial charge in [-0.15, -0.1) is 0 Å². The average Bonchev–Trinajstić information content (AvgIpc) is 3.16. The molecular formula is C22H16F2N2. The summed E-state index contributed by atoms with van der Waals surface area (Å²) in [5, 5.41) is 0. The van der Waals surface area contributed by atoms with Crippen molar-refractivity contribution in [1.29, 1.82) is 0 Å². The van der Waals surface area contributed by atoms with Crippen LogP contribution in [0.4, 0.5) is 8.78 Å². The van der Waals surface area contributed by atoms with Crippen LogP contribution in [-0.2, 0) is 6.54 Å². The zero-order valence-corrected chi connectivity index (χ0v) is 13.9. The third-order valence-electron chi connectivity index (χ3n) is 4.35. The predicted octanol–water partition coefficient (Wildman–Crippen LogP) is 5.54. The van der Waals surface area contributed by atoms with Crippen LogP contribution in [0.1, 0.15) is 5.56 Å². The number of halogens is 2. The Kier molecular flexibility index (Phi) is 4.32. The van der Waals surface area contributed by atoms with Gasteiger partial charge in [-0.05, 0) is 52.1 Å². The van der Waals surface area contributed by atoms with Crippen molar-refractivity contribution in [2.24, 2.45) is 0 Å². The summed E-state index contributed by atoms with van der Waals surface area (Å²) in [6, 6.07) is 18.9. The Morgan fingerprint density at radius 2 is 1.42 bits per heavy atom. The number of aromatic nitrogens is 2. The lowest BCUT2D eigenvalue weighted by Crippen LogP contribution is -2.00. The summed E-state index contributed by atoms with van der Waals surface area (Å²) in [4.78, 5) is 4.09. The Bertz CT molecular complexity index is 1010. The summed E-state index contributed by atoms with van der Waals surface area (Å²) in [5.74, 6) is -0.546. The van der Waals surface area contributed by atoms with E-state index in [0.717, 1.165) is 27.8 Å². The van der Waals surface area contributed by atoms with Crippen LogP contribution >= 0.6 is 0 Å². The van der Waals surface area contributed by atoms with E-state index in [4.69, 9.17) is 0 Å². The average molecular weight is 346 g/mol. The molecule has 0 N–H and O–H groups in total. The van der Waals surface area contributed by atoms with Gasteiger partial charge in [0.25, 0.3) is 0 Å². The molecule has 0 bridgehead atoms. The molecule has 0 amide bonds. The first-order valence-corrected chi connectivity index (χ1v) is 8.30. The van der Waals surface area contributed by atoms with Crippen molar-refractivity contribution < 1.29 is 8.78 Å². The zero-order valence-electron chi connectivity index (χ0n) is 13.9. The molecule has 0 saturated heterocycles. The molecule has 4 aromatic rings. The lowest BCUT2D eigenvalue weighted by Gasteiger charge is -2.16. The Labute approximate surface area is 150 Å². The molecule has 0 atom stereocenters. The van der Waals surface area contributed by atoms with Gasteiger partial charge >= 0.3 is 0 Å². The van der Waals surface area contributed by atoms with E-state index in [0.29, 0.717) is 6.54 Å². The number of imidazole rings is 1. The fraction of sp³-hybridized carbons (Fsp3) is 0.0455. The summed E-state index contributed by atoms with van der Waals surface area (Å²) >= 11 is 0. The second-order valence-electron chi connectivity index (χ2n) is 6.09. The largest absolute Gasteiger partial charge is 0.333 e. The Balaban J connectivity index is 1.90. The molecule has 0 radical (unpaired) electrons. The van der Waals surface area contributed by atoms with Crippen molar-refractivity contribution in [1.82, 2.24) is 9.55 Å². The molecular weight excluding hydrogens is 330 g/mol. The molecule has 0 saturated carbocycles. The van der Waals surface area contributed by atoms with E-state index in [1.165, 1.54) is 24.3 Å². The van der Waals surface area contributed by atoms with Crippen LogP contribution in [0.3, 0.4) is 0 Å². The van der Waals surface area contributed by atoms with Crippen LogP contribution in [0.25, 0.3) is 22.3 Å². The van der Waals surface area contributed by atoms with E-state index in [-0.39, 0.29) is 11.6 Å². The van der Waals surface area contributed by atoms with Gasteiger partial charge in [-0.2, -0.15) is 0 Å². The molecule has 4 heteroatoms. The van der Waals surface area contributed by atoms with Crippen LogP contribution in [-0.4, -0.2) is 9.55 Å². The molecule has 0 aliphatic carbocycles. The van der Waals surface area contributed by atoms with Gasteiger partial charge in [0.15, 0.2) is 0 Å². The molecule has 0 spiro atoms. The first kappa shape index (κ1) is 16.2. The van der Waals surface area contributed by atoms with E-state index in [2.05, 4.69) is 4.98 Å². The minimum Gasteiger partial charge on any atom is -0.333 e.